The van der Waals surface area contributed by atoms with Crippen LogP contribution in [0, 0.1) is 6.92 Å². The van der Waals surface area contributed by atoms with Gasteiger partial charge < -0.3 is 15.0 Å². The van der Waals surface area contributed by atoms with Gasteiger partial charge in [0.1, 0.15) is 5.75 Å². The van der Waals surface area contributed by atoms with E-state index in [1.54, 1.807) is 30.5 Å². The summed E-state index contributed by atoms with van der Waals surface area (Å²) < 4.78 is 41.5. The number of thiazole rings is 1. The van der Waals surface area contributed by atoms with Crippen molar-refractivity contribution in [2.45, 2.75) is 26.2 Å². The molecule has 0 atom stereocenters. The summed E-state index contributed by atoms with van der Waals surface area (Å²) in [7, 11) is 3.57. The molecule has 0 radical (unpaired) electrons. The van der Waals surface area contributed by atoms with Gasteiger partial charge in [-0.05, 0) is 24.6 Å². The summed E-state index contributed by atoms with van der Waals surface area (Å²) in [5.41, 5.74) is 1.75. The van der Waals surface area contributed by atoms with Crippen LogP contribution >= 0.6 is 11.3 Å². The largest absolute Gasteiger partial charge is 0.484 e. The highest BCUT2D eigenvalue weighted by Gasteiger charge is 2.28. The monoisotopic (exact) mass is 386 g/mol. The van der Waals surface area contributed by atoms with Gasteiger partial charge in [0, 0.05) is 26.0 Å². The van der Waals surface area contributed by atoms with E-state index in [1.165, 1.54) is 6.07 Å². The lowest BCUT2D eigenvalue weighted by molar-refractivity contribution is -0.153. The van der Waals surface area contributed by atoms with E-state index in [4.69, 9.17) is 4.74 Å². The van der Waals surface area contributed by atoms with E-state index in [0.717, 1.165) is 16.3 Å². The van der Waals surface area contributed by atoms with Gasteiger partial charge in [0.15, 0.2) is 12.6 Å². The van der Waals surface area contributed by atoms with Crippen molar-refractivity contribution in [2.24, 2.45) is 4.99 Å². The van der Waals surface area contributed by atoms with Crippen molar-refractivity contribution in [3.05, 3.63) is 45.9 Å². The Hall–Kier alpha value is -2.29. The number of nitrogens with one attached hydrogen (secondary N) is 1. The second kappa shape index (κ2) is 8.88. The Balaban J connectivity index is 1.91. The minimum atomic E-state index is -4.35. The summed E-state index contributed by atoms with van der Waals surface area (Å²) in [5.74, 6) is 0.847. The zero-order chi connectivity index (χ0) is 19.2. The Morgan fingerprint density at radius 3 is 2.77 bits per heavy atom. The SMILES string of the molecule is CN=C(NCc1cccc(OCC(F)(F)F)c1)N(C)Cc1csc(C)n1. The summed E-state index contributed by atoms with van der Waals surface area (Å²) in [4.78, 5) is 10.6. The molecule has 1 heterocycles. The maximum atomic E-state index is 12.2. The topological polar surface area (TPSA) is 49.8 Å². The molecule has 1 aromatic heterocycles. The molecule has 0 aliphatic carbocycles. The number of hydrogen-bond acceptors (Lipinski definition) is 4. The molecule has 0 fully saturated rings. The highest BCUT2D eigenvalue weighted by Crippen LogP contribution is 2.19. The molecule has 0 amide bonds. The molecule has 0 bridgehead atoms. The number of benzene rings is 1. The van der Waals surface area contributed by atoms with Crippen LogP contribution in [0.4, 0.5) is 13.2 Å². The first kappa shape index (κ1) is 20.0. The maximum Gasteiger partial charge on any atom is 0.422 e. The van der Waals surface area contributed by atoms with Gasteiger partial charge in [-0.15, -0.1) is 11.3 Å². The van der Waals surface area contributed by atoms with Crippen molar-refractivity contribution in [1.29, 1.82) is 0 Å². The number of guanidine groups is 1. The van der Waals surface area contributed by atoms with Crippen LogP contribution in [0.1, 0.15) is 16.3 Å². The van der Waals surface area contributed by atoms with E-state index in [9.17, 15) is 13.2 Å². The van der Waals surface area contributed by atoms with E-state index in [2.05, 4.69) is 15.3 Å². The quantitative estimate of drug-likeness (QED) is 0.609. The van der Waals surface area contributed by atoms with Gasteiger partial charge in [0.2, 0.25) is 0 Å². The number of alkyl halides is 3. The van der Waals surface area contributed by atoms with Crippen molar-refractivity contribution in [3.8, 4) is 5.75 Å². The molecule has 142 valence electrons. The molecule has 0 aliphatic heterocycles. The van der Waals surface area contributed by atoms with E-state index in [-0.39, 0.29) is 5.75 Å². The molecule has 0 saturated heterocycles. The summed E-state index contributed by atoms with van der Waals surface area (Å²) in [5, 5.41) is 6.19. The molecule has 0 unspecified atom stereocenters. The molecule has 0 saturated carbocycles. The third-order valence-electron chi connectivity index (χ3n) is 3.39. The normalized spacial score (nSPS) is 12.2. The molecule has 9 heteroatoms. The molecule has 1 N–H and O–H groups in total. The molecular weight excluding hydrogens is 365 g/mol. The van der Waals surface area contributed by atoms with Crippen molar-refractivity contribution in [3.63, 3.8) is 0 Å². The van der Waals surface area contributed by atoms with Crippen LogP contribution in [-0.4, -0.2) is 42.7 Å². The summed E-state index contributed by atoms with van der Waals surface area (Å²) >= 11 is 1.59. The number of halogens is 3. The maximum absolute atomic E-state index is 12.2. The van der Waals surface area contributed by atoms with Crippen molar-refractivity contribution in [2.75, 3.05) is 20.7 Å². The van der Waals surface area contributed by atoms with E-state index >= 15 is 0 Å². The zero-order valence-corrected chi connectivity index (χ0v) is 15.6. The van der Waals surface area contributed by atoms with Gasteiger partial charge in [0.05, 0.1) is 17.2 Å². The Morgan fingerprint density at radius 1 is 1.38 bits per heavy atom. The molecule has 1 aromatic carbocycles. The molecule has 0 aliphatic rings. The van der Waals surface area contributed by atoms with Crippen LogP contribution < -0.4 is 10.1 Å². The van der Waals surface area contributed by atoms with Gasteiger partial charge in [-0.1, -0.05) is 12.1 Å². The number of rotatable bonds is 6. The number of ether oxygens (including phenoxy) is 1. The second-order valence-corrected chi connectivity index (χ2v) is 6.73. The Kier molecular flexibility index (Phi) is 6.84. The number of aliphatic imine (C=N–C) groups is 1. The van der Waals surface area contributed by atoms with E-state index < -0.39 is 12.8 Å². The number of hydrogen-bond donors (Lipinski definition) is 1. The second-order valence-electron chi connectivity index (χ2n) is 5.67. The highest BCUT2D eigenvalue weighted by atomic mass is 32.1. The average Bonchev–Trinajstić information content (AvgIpc) is 2.98. The smallest absolute Gasteiger partial charge is 0.422 e. The minimum absolute atomic E-state index is 0.183. The average molecular weight is 386 g/mol. The standard InChI is InChI=1S/C17H21F3N4OS/c1-12-23-14(10-26-12)9-24(3)16(21-2)22-8-13-5-4-6-15(7-13)25-11-17(18,19)20/h4-7,10H,8-9,11H2,1-3H3,(H,21,22). The van der Waals surface area contributed by atoms with Crippen LogP contribution in [0.3, 0.4) is 0 Å². The van der Waals surface area contributed by atoms with Gasteiger partial charge in [-0.25, -0.2) is 4.98 Å². The lowest BCUT2D eigenvalue weighted by Crippen LogP contribution is -2.38. The number of nitrogens with zero attached hydrogens (tertiary/aromatic N) is 3. The summed E-state index contributed by atoms with van der Waals surface area (Å²) in [6.07, 6.45) is -4.35. The summed E-state index contributed by atoms with van der Waals surface area (Å²) in [6.45, 7) is 1.67. The van der Waals surface area contributed by atoms with Gasteiger partial charge in [-0.2, -0.15) is 13.2 Å². The van der Waals surface area contributed by atoms with Crippen LogP contribution in [-0.2, 0) is 13.1 Å². The number of aromatic nitrogens is 1. The molecule has 5 nitrogen and oxygen atoms in total. The van der Waals surface area contributed by atoms with Crippen LogP contribution in [0.5, 0.6) is 5.75 Å². The predicted octanol–water partition coefficient (Wildman–Crippen LogP) is 3.60. The van der Waals surface area contributed by atoms with Gasteiger partial charge in [0.25, 0.3) is 0 Å². The third-order valence-corrected chi connectivity index (χ3v) is 4.21. The van der Waals surface area contributed by atoms with Crippen molar-refractivity contribution >= 4 is 17.3 Å². The Labute approximate surface area is 154 Å². The molecule has 2 rings (SSSR count). The van der Waals surface area contributed by atoms with Gasteiger partial charge >= 0.3 is 6.18 Å². The van der Waals surface area contributed by atoms with Crippen molar-refractivity contribution < 1.29 is 17.9 Å². The lowest BCUT2D eigenvalue weighted by Gasteiger charge is -2.21. The van der Waals surface area contributed by atoms with Crippen molar-refractivity contribution in [1.82, 2.24) is 15.2 Å². The Morgan fingerprint density at radius 2 is 2.15 bits per heavy atom. The van der Waals surface area contributed by atoms with E-state index in [0.29, 0.717) is 19.0 Å². The van der Waals surface area contributed by atoms with Crippen LogP contribution in [0.25, 0.3) is 0 Å². The third kappa shape index (κ3) is 6.55. The lowest BCUT2D eigenvalue weighted by atomic mass is 10.2. The number of aryl methyl sites for hydroxylation is 1. The Bertz CT molecular complexity index is 746. The first-order chi connectivity index (χ1) is 12.3. The predicted molar refractivity (Wildman–Crippen MR) is 96.5 cm³/mol. The fraction of sp³-hybridized carbons (Fsp3) is 0.412. The van der Waals surface area contributed by atoms with Gasteiger partial charge in [-0.3, -0.25) is 4.99 Å². The van der Waals surface area contributed by atoms with Crippen LogP contribution in [0.2, 0.25) is 0 Å². The fourth-order valence-electron chi connectivity index (χ4n) is 2.27. The summed E-state index contributed by atoms with van der Waals surface area (Å²) in [6, 6.07) is 6.55. The zero-order valence-electron chi connectivity index (χ0n) is 14.8. The van der Waals surface area contributed by atoms with Crippen LogP contribution in [0.15, 0.2) is 34.6 Å². The molecular formula is C17H21F3N4OS. The minimum Gasteiger partial charge on any atom is -0.484 e. The van der Waals surface area contributed by atoms with E-state index in [1.807, 2.05) is 30.3 Å². The fourth-order valence-corrected chi connectivity index (χ4v) is 2.88. The molecule has 2 aromatic rings. The molecule has 26 heavy (non-hydrogen) atoms. The first-order valence-electron chi connectivity index (χ1n) is 7.88. The molecule has 0 spiro atoms. The first-order valence-corrected chi connectivity index (χ1v) is 8.76. The highest BCUT2D eigenvalue weighted by molar-refractivity contribution is 7.09.